The van der Waals surface area contributed by atoms with Gasteiger partial charge in [-0.15, -0.1) is 0 Å². The van der Waals surface area contributed by atoms with Crippen LogP contribution < -0.4 is 20.7 Å². The van der Waals surface area contributed by atoms with Crippen molar-refractivity contribution in [3.63, 3.8) is 0 Å². The third-order valence-corrected chi connectivity index (χ3v) is 6.99. The largest absolute Gasteiger partial charge is 0.497 e. The lowest BCUT2D eigenvalue weighted by Crippen LogP contribution is -2.39. The maximum Gasteiger partial charge on any atom is 0.249 e. The van der Waals surface area contributed by atoms with Gasteiger partial charge in [-0.1, -0.05) is 13.3 Å². The Labute approximate surface area is 178 Å². The van der Waals surface area contributed by atoms with Gasteiger partial charge in [-0.2, -0.15) is 0 Å². The van der Waals surface area contributed by atoms with Crippen molar-refractivity contribution in [2.45, 2.75) is 39.5 Å². The van der Waals surface area contributed by atoms with Crippen LogP contribution in [0.1, 0.15) is 49.0 Å². The molecular formula is C21H30N4O4S. The highest BCUT2D eigenvalue weighted by atomic mass is 32.2. The smallest absolute Gasteiger partial charge is 0.249 e. The number of anilines is 3. The summed E-state index contributed by atoms with van der Waals surface area (Å²) >= 11 is 0. The van der Waals surface area contributed by atoms with Crippen molar-refractivity contribution in [3.05, 3.63) is 41.3 Å². The van der Waals surface area contributed by atoms with Gasteiger partial charge in [-0.25, -0.2) is 8.42 Å². The van der Waals surface area contributed by atoms with Crippen molar-refractivity contribution in [1.29, 1.82) is 0 Å². The average Bonchev–Trinajstić information content (AvgIpc) is 2.71. The van der Waals surface area contributed by atoms with Crippen LogP contribution in [0.25, 0.3) is 0 Å². The first-order valence-electron chi connectivity index (χ1n) is 10.4. The monoisotopic (exact) mass is 434 g/mol. The van der Waals surface area contributed by atoms with Gasteiger partial charge in [0.15, 0.2) is 0 Å². The van der Waals surface area contributed by atoms with Crippen molar-refractivity contribution in [2.75, 3.05) is 40.4 Å². The Hall–Kier alpha value is -2.68. The summed E-state index contributed by atoms with van der Waals surface area (Å²) < 4.78 is 32.8. The fourth-order valence-electron chi connectivity index (χ4n) is 3.82. The lowest BCUT2D eigenvalue weighted by Gasteiger charge is -2.34. The molecule has 30 heavy (non-hydrogen) atoms. The molecule has 0 aromatic heterocycles. The molecule has 0 atom stereocenters. The highest BCUT2D eigenvalue weighted by Crippen LogP contribution is 2.43. The predicted octanol–water partition coefficient (Wildman–Crippen LogP) is 2.94. The first kappa shape index (κ1) is 22.0. The van der Waals surface area contributed by atoms with E-state index in [9.17, 15) is 13.2 Å². The number of nitrogens with one attached hydrogen (secondary N) is 2. The highest BCUT2D eigenvalue weighted by molar-refractivity contribution is 7.92. The quantitative estimate of drug-likeness (QED) is 0.580. The molecule has 1 saturated heterocycles. The zero-order chi connectivity index (χ0) is 21.7. The Balaban J connectivity index is 2.30. The zero-order valence-electron chi connectivity index (χ0n) is 17.5. The second-order valence-corrected chi connectivity index (χ2v) is 9.35. The van der Waals surface area contributed by atoms with Crippen LogP contribution >= 0.6 is 0 Å². The van der Waals surface area contributed by atoms with Crippen LogP contribution in [-0.2, 0) is 21.2 Å². The van der Waals surface area contributed by atoms with Gasteiger partial charge in [-0.05, 0) is 50.0 Å². The molecule has 9 heteroatoms. The number of benzene rings is 1. The molecule has 2 aliphatic rings. The maximum absolute atomic E-state index is 13.0. The van der Waals surface area contributed by atoms with E-state index in [1.807, 2.05) is 19.9 Å². The molecule has 1 aromatic rings. The Morgan fingerprint density at radius 1 is 1.30 bits per heavy atom. The molecule has 0 unspecified atom stereocenters. The summed E-state index contributed by atoms with van der Waals surface area (Å²) in [5.74, 6) is -0.476. The normalized spacial score (nSPS) is 17.8. The maximum atomic E-state index is 13.0. The molecule has 1 amide bonds. The fourth-order valence-corrected chi connectivity index (χ4v) is 5.50. The summed E-state index contributed by atoms with van der Waals surface area (Å²) in [5, 5.41) is 6.64. The molecule has 1 fully saturated rings. The van der Waals surface area contributed by atoms with Crippen LogP contribution in [0.4, 0.5) is 17.1 Å². The van der Waals surface area contributed by atoms with E-state index >= 15 is 0 Å². The summed E-state index contributed by atoms with van der Waals surface area (Å²) in [5.41, 5.74) is 9.32. The summed E-state index contributed by atoms with van der Waals surface area (Å²) in [6.45, 7) is 5.34. The fraction of sp³-hybridized carbons (Fsp3) is 0.476. The van der Waals surface area contributed by atoms with Gasteiger partial charge in [-0.3, -0.25) is 9.10 Å². The minimum Gasteiger partial charge on any atom is -0.497 e. The van der Waals surface area contributed by atoms with E-state index in [0.29, 0.717) is 60.7 Å². The molecule has 3 rings (SSSR count). The van der Waals surface area contributed by atoms with Crippen LogP contribution in [0.2, 0.25) is 0 Å². The number of ether oxygens (including phenoxy) is 1. The van der Waals surface area contributed by atoms with Crippen LogP contribution in [0.5, 0.6) is 0 Å². The highest BCUT2D eigenvalue weighted by Gasteiger charge is 2.33. The molecule has 0 radical (unpaired) electrons. The number of nitrogens with zero attached hydrogens (tertiary/aromatic N) is 1. The van der Waals surface area contributed by atoms with Gasteiger partial charge in [0.1, 0.15) is 6.61 Å². The molecule has 0 bridgehead atoms. The van der Waals surface area contributed by atoms with Gasteiger partial charge in [0.05, 0.1) is 29.1 Å². The number of nitrogens with two attached hydrogens (primary N) is 1. The topological polar surface area (TPSA) is 114 Å². The third kappa shape index (κ3) is 4.56. The Bertz CT molecular complexity index is 970. The van der Waals surface area contributed by atoms with E-state index in [2.05, 4.69) is 10.6 Å². The first-order valence-corrected chi connectivity index (χ1v) is 12.0. The number of allylic oxidation sites excluding steroid dienone is 1. The molecule has 2 aliphatic heterocycles. The van der Waals surface area contributed by atoms with Gasteiger partial charge in [0.25, 0.3) is 0 Å². The number of hydrogen-bond donors (Lipinski definition) is 3. The number of sulfonamides is 1. The Morgan fingerprint density at radius 3 is 2.70 bits per heavy atom. The molecule has 164 valence electrons. The number of carbonyl (C=O) groups excluding carboxylic acids is 1. The van der Waals surface area contributed by atoms with E-state index in [4.69, 9.17) is 10.5 Å². The SMILES string of the molecule is CCCc1c(C(N)=O)cc(NCC)c(NC2=CCOC=C2)c1N1CCCCS1(=O)=O. The van der Waals surface area contributed by atoms with Crippen molar-refractivity contribution in [3.8, 4) is 0 Å². The van der Waals surface area contributed by atoms with Crippen molar-refractivity contribution in [1.82, 2.24) is 0 Å². The van der Waals surface area contributed by atoms with Gasteiger partial charge >= 0.3 is 0 Å². The number of hydrogen-bond acceptors (Lipinski definition) is 6. The van der Waals surface area contributed by atoms with E-state index in [1.165, 1.54) is 4.31 Å². The molecule has 8 nitrogen and oxygen atoms in total. The molecule has 2 heterocycles. The molecule has 1 aromatic carbocycles. The van der Waals surface area contributed by atoms with Gasteiger partial charge in [0.2, 0.25) is 15.9 Å². The second-order valence-electron chi connectivity index (χ2n) is 7.33. The molecular weight excluding hydrogens is 404 g/mol. The Morgan fingerprint density at radius 2 is 2.10 bits per heavy atom. The first-order chi connectivity index (χ1) is 14.4. The number of primary amides is 1. The van der Waals surface area contributed by atoms with Crippen LogP contribution in [0.3, 0.4) is 0 Å². The summed E-state index contributed by atoms with van der Waals surface area (Å²) in [4.78, 5) is 12.3. The molecule has 0 spiro atoms. The lowest BCUT2D eigenvalue weighted by molar-refractivity contribution is 0.0999. The van der Waals surface area contributed by atoms with E-state index < -0.39 is 15.9 Å². The minimum absolute atomic E-state index is 0.0891. The van der Waals surface area contributed by atoms with Crippen LogP contribution in [0, 0.1) is 0 Å². The van der Waals surface area contributed by atoms with Crippen molar-refractivity contribution < 1.29 is 17.9 Å². The average molecular weight is 435 g/mol. The number of carbonyl (C=O) groups is 1. The van der Waals surface area contributed by atoms with Gasteiger partial charge in [0, 0.05) is 24.4 Å². The number of amides is 1. The minimum atomic E-state index is -3.50. The van der Waals surface area contributed by atoms with Crippen LogP contribution in [0.15, 0.2) is 30.2 Å². The third-order valence-electron chi connectivity index (χ3n) is 5.15. The molecule has 0 saturated carbocycles. The summed E-state index contributed by atoms with van der Waals surface area (Å²) in [7, 11) is -3.50. The van der Waals surface area contributed by atoms with Crippen molar-refractivity contribution in [2.24, 2.45) is 5.73 Å². The molecule has 0 aliphatic carbocycles. The van der Waals surface area contributed by atoms with E-state index in [0.717, 1.165) is 18.5 Å². The predicted molar refractivity (Wildman–Crippen MR) is 120 cm³/mol. The lowest BCUT2D eigenvalue weighted by atomic mass is 9.96. The second kappa shape index (κ2) is 9.42. The number of rotatable bonds is 8. The van der Waals surface area contributed by atoms with Crippen molar-refractivity contribution >= 4 is 33.0 Å². The zero-order valence-corrected chi connectivity index (χ0v) is 18.3. The summed E-state index contributed by atoms with van der Waals surface area (Å²) in [6.07, 6.45) is 7.94. The van der Waals surface area contributed by atoms with E-state index in [-0.39, 0.29) is 5.75 Å². The van der Waals surface area contributed by atoms with E-state index in [1.54, 1.807) is 18.4 Å². The van der Waals surface area contributed by atoms with Crippen LogP contribution in [-0.4, -0.2) is 39.8 Å². The standard InChI is InChI=1S/C21H30N4O4S/c1-3-7-16-17(21(22)26)14-18(23-4-2)19(24-15-8-11-29-12-9-15)20(16)25-10-5-6-13-30(25,27)28/h8-9,11,14,23-24H,3-7,10,12-13H2,1-2H3,(H2,22,26). The summed E-state index contributed by atoms with van der Waals surface area (Å²) in [6, 6.07) is 1.73. The van der Waals surface area contributed by atoms with Gasteiger partial charge < -0.3 is 21.1 Å². The molecule has 4 N–H and O–H groups in total. The Kier molecular flexibility index (Phi) is 6.91.